The van der Waals surface area contributed by atoms with Crippen molar-refractivity contribution in [3.8, 4) is 0 Å². The van der Waals surface area contributed by atoms with E-state index in [0.717, 1.165) is 39.7 Å². The molecule has 29 heavy (non-hydrogen) atoms. The molecule has 3 aromatic rings. The number of aryl methyl sites for hydroxylation is 1. The molecule has 4 nitrogen and oxygen atoms in total. The number of fused-ring (bicyclic) bond motifs is 1. The lowest BCUT2D eigenvalue weighted by Gasteiger charge is -2.43. The number of rotatable bonds is 3. The summed E-state index contributed by atoms with van der Waals surface area (Å²) in [6.07, 6.45) is 0. The number of furan rings is 1. The van der Waals surface area contributed by atoms with Gasteiger partial charge in [0.25, 0.3) is 5.91 Å². The fraction of sp³-hybridized carbons (Fsp3) is 0.348. The van der Waals surface area contributed by atoms with Crippen molar-refractivity contribution in [2.45, 2.75) is 39.4 Å². The Hall–Kier alpha value is -2.18. The van der Waals surface area contributed by atoms with Crippen molar-refractivity contribution in [2.24, 2.45) is 0 Å². The van der Waals surface area contributed by atoms with Gasteiger partial charge in [-0.3, -0.25) is 9.69 Å². The van der Waals surface area contributed by atoms with E-state index in [0.29, 0.717) is 12.3 Å². The monoisotopic (exact) mass is 458 g/mol. The number of halogens is 2. The van der Waals surface area contributed by atoms with E-state index < -0.39 is 0 Å². The summed E-state index contributed by atoms with van der Waals surface area (Å²) in [7, 11) is 0. The minimum atomic E-state index is -0.223. The van der Waals surface area contributed by atoms with Gasteiger partial charge in [-0.1, -0.05) is 28.1 Å². The lowest BCUT2D eigenvalue weighted by Crippen LogP contribution is -2.57. The average molecular weight is 459 g/mol. The van der Waals surface area contributed by atoms with Crippen molar-refractivity contribution in [1.82, 2.24) is 9.80 Å². The van der Waals surface area contributed by atoms with Crippen molar-refractivity contribution in [3.05, 3.63) is 69.6 Å². The van der Waals surface area contributed by atoms with Gasteiger partial charge in [0.15, 0.2) is 5.76 Å². The third kappa shape index (κ3) is 4.09. The first-order valence-corrected chi connectivity index (χ1v) is 10.6. The molecule has 1 aliphatic heterocycles. The van der Waals surface area contributed by atoms with Crippen molar-refractivity contribution < 1.29 is 13.6 Å². The maximum atomic E-state index is 13.2. The Morgan fingerprint density at radius 1 is 1.14 bits per heavy atom. The summed E-state index contributed by atoms with van der Waals surface area (Å²) in [5.41, 5.74) is 2.87. The fourth-order valence-electron chi connectivity index (χ4n) is 3.93. The molecule has 0 bridgehead atoms. The summed E-state index contributed by atoms with van der Waals surface area (Å²) in [5, 5.41) is 0.918. The molecule has 0 aliphatic carbocycles. The third-order valence-electron chi connectivity index (χ3n) is 5.68. The van der Waals surface area contributed by atoms with Crippen LogP contribution in [0.5, 0.6) is 0 Å². The Kier molecular flexibility index (Phi) is 5.49. The predicted octanol–water partition coefficient (Wildman–Crippen LogP) is 5.38. The van der Waals surface area contributed by atoms with Crippen LogP contribution in [0.3, 0.4) is 0 Å². The molecule has 1 fully saturated rings. The number of nitrogens with zero attached hydrogens (tertiary/aromatic N) is 2. The topological polar surface area (TPSA) is 36.7 Å². The molecule has 0 spiro atoms. The first-order valence-electron chi connectivity index (χ1n) is 9.81. The van der Waals surface area contributed by atoms with Gasteiger partial charge in [-0.2, -0.15) is 0 Å². The zero-order valence-corrected chi connectivity index (χ0v) is 18.4. The summed E-state index contributed by atoms with van der Waals surface area (Å²) in [6.45, 7) is 8.30. The molecule has 1 aromatic heterocycles. The largest absolute Gasteiger partial charge is 0.451 e. The molecule has 4 rings (SSSR count). The summed E-state index contributed by atoms with van der Waals surface area (Å²) >= 11 is 3.53. The Labute approximate surface area is 178 Å². The Bertz CT molecular complexity index is 1010. The van der Waals surface area contributed by atoms with Crippen molar-refractivity contribution in [3.63, 3.8) is 0 Å². The molecular formula is C23H24BrFN2O2. The lowest BCUT2D eigenvalue weighted by atomic mass is 10.1. The molecule has 0 saturated carbocycles. The van der Waals surface area contributed by atoms with Crippen LogP contribution < -0.4 is 0 Å². The molecule has 6 heteroatoms. The molecule has 1 amide bonds. The summed E-state index contributed by atoms with van der Waals surface area (Å²) < 4.78 is 20.0. The highest BCUT2D eigenvalue weighted by Gasteiger charge is 2.33. The SMILES string of the molecule is Cc1cc2oc(C(=O)N3CC(C)N(Cc4ccc(F)cc4)CC3C)cc2cc1Br. The van der Waals surface area contributed by atoms with Crippen LogP contribution in [0, 0.1) is 12.7 Å². The van der Waals surface area contributed by atoms with E-state index in [1.54, 1.807) is 0 Å². The Morgan fingerprint density at radius 3 is 2.59 bits per heavy atom. The Balaban J connectivity index is 1.49. The average Bonchev–Trinajstić information content (AvgIpc) is 3.08. The standard InChI is InChI=1S/C23H24BrFN2O2/c1-14-8-21-18(9-20(14)24)10-22(29-21)23(28)27-12-15(2)26(11-16(27)3)13-17-4-6-19(25)7-5-17/h4-10,15-16H,11-13H2,1-3H3. The van der Waals surface area contributed by atoms with Crippen molar-refractivity contribution in [2.75, 3.05) is 13.1 Å². The van der Waals surface area contributed by atoms with Crippen molar-refractivity contribution >= 4 is 32.8 Å². The van der Waals surface area contributed by atoms with Gasteiger partial charge < -0.3 is 9.32 Å². The number of benzene rings is 2. The van der Waals surface area contributed by atoms with Crippen LogP contribution in [0.4, 0.5) is 4.39 Å². The van der Waals surface area contributed by atoms with Crippen LogP contribution in [0.15, 0.2) is 51.4 Å². The molecule has 0 N–H and O–H groups in total. The number of hydrogen-bond acceptors (Lipinski definition) is 3. The number of carbonyl (C=O) groups is 1. The number of carbonyl (C=O) groups excluding carboxylic acids is 1. The smallest absolute Gasteiger partial charge is 0.289 e. The molecule has 1 aliphatic rings. The minimum Gasteiger partial charge on any atom is -0.451 e. The second-order valence-electron chi connectivity index (χ2n) is 7.96. The zero-order valence-electron chi connectivity index (χ0n) is 16.8. The third-order valence-corrected chi connectivity index (χ3v) is 6.54. The fourth-order valence-corrected chi connectivity index (χ4v) is 4.29. The van der Waals surface area contributed by atoms with Gasteiger partial charge in [-0.15, -0.1) is 0 Å². The van der Waals surface area contributed by atoms with Gasteiger partial charge in [0.05, 0.1) is 0 Å². The van der Waals surface area contributed by atoms with Crippen LogP contribution in [-0.2, 0) is 6.54 Å². The maximum absolute atomic E-state index is 13.2. The highest BCUT2D eigenvalue weighted by atomic mass is 79.9. The van der Waals surface area contributed by atoms with Crippen LogP contribution in [0.1, 0.15) is 35.5 Å². The zero-order chi connectivity index (χ0) is 20.7. The van der Waals surface area contributed by atoms with E-state index in [-0.39, 0.29) is 23.8 Å². The van der Waals surface area contributed by atoms with E-state index in [2.05, 4.69) is 34.7 Å². The minimum absolute atomic E-state index is 0.0563. The second-order valence-corrected chi connectivity index (χ2v) is 8.82. The highest BCUT2D eigenvalue weighted by Crippen LogP contribution is 2.28. The molecule has 2 heterocycles. The van der Waals surface area contributed by atoms with Gasteiger partial charge in [-0.25, -0.2) is 4.39 Å². The molecule has 2 aromatic carbocycles. The molecule has 152 valence electrons. The van der Waals surface area contributed by atoms with Gasteiger partial charge >= 0.3 is 0 Å². The summed E-state index contributed by atoms with van der Waals surface area (Å²) in [4.78, 5) is 17.4. The summed E-state index contributed by atoms with van der Waals surface area (Å²) in [5.74, 6) is 0.0814. The van der Waals surface area contributed by atoms with E-state index in [9.17, 15) is 9.18 Å². The van der Waals surface area contributed by atoms with Gasteiger partial charge in [0.1, 0.15) is 11.4 Å². The molecular weight excluding hydrogens is 435 g/mol. The normalized spacial score (nSPS) is 20.4. The van der Waals surface area contributed by atoms with E-state index in [4.69, 9.17) is 4.42 Å². The first-order chi connectivity index (χ1) is 13.8. The number of amides is 1. The number of hydrogen-bond donors (Lipinski definition) is 0. The predicted molar refractivity (Wildman–Crippen MR) is 115 cm³/mol. The maximum Gasteiger partial charge on any atom is 0.289 e. The van der Waals surface area contributed by atoms with E-state index in [1.807, 2.05) is 42.2 Å². The molecule has 2 unspecified atom stereocenters. The van der Waals surface area contributed by atoms with Crippen LogP contribution in [0.25, 0.3) is 11.0 Å². The van der Waals surface area contributed by atoms with Gasteiger partial charge in [0, 0.05) is 41.6 Å². The molecule has 0 radical (unpaired) electrons. The first kappa shape index (κ1) is 20.1. The summed E-state index contributed by atoms with van der Waals surface area (Å²) in [6, 6.07) is 12.6. The highest BCUT2D eigenvalue weighted by molar-refractivity contribution is 9.10. The Morgan fingerprint density at radius 2 is 1.86 bits per heavy atom. The van der Waals surface area contributed by atoms with Crippen LogP contribution in [0.2, 0.25) is 0 Å². The molecule has 2 atom stereocenters. The van der Waals surface area contributed by atoms with E-state index >= 15 is 0 Å². The van der Waals surface area contributed by atoms with Crippen LogP contribution in [-0.4, -0.2) is 40.9 Å². The second kappa shape index (κ2) is 7.92. The lowest BCUT2D eigenvalue weighted by molar-refractivity contribution is 0.0269. The van der Waals surface area contributed by atoms with Crippen molar-refractivity contribution in [1.29, 1.82) is 0 Å². The molecule has 1 saturated heterocycles. The number of piperazine rings is 1. The van der Waals surface area contributed by atoms with E-state index in [1.165, 1.54) is 12.1 Å². The van der Waals surface area contributed by atoms with Gasteiger partial charge in [0.2, 0.25) is 0 Å². The van der Waals surface area contributed by atoms with Gasteiger partial charge in [-0.05, 0) is 62.2 Å². The van der Waals surface area contributed by atoms with Crippen LogP contribution >= 0.6 is 15.9 Å². The quantitative estimate of drug-likeness (QED) is 0.528.